The smallest absolute Gasteiger partial charge is 0.330 e. The van der Waals surface area contributed by atoms with Gasteiger partial charge in [0.25, 0.3) is 0 Å². The van der Waals surface area contributed by atoms with Crippen molar-refractivity contribution in [3.8, 4) is 0 Å². The predicted octanol–water partition coefficient (Wildman–Crippen LogP) is -0.544. The van der Waals surface area contributed by atoms with E-state index in [1.807, 2.05) is 11.9 Å². The summed E-state index contributed by atoms with van der Waals surface area (Å²) in [5.74, 6) is -1.16. The minimum atomic E-state index is -0.488. The number of carbonyl (C=O) groups is 4. The van der Waals surface area contributed by atoms with Crippen molar-refractivity contribution >= 4 is 23.8 Å². The number of hydrogen-bond donors (Lipinski definition) is 2. The Kier molecular flexibility index (Phi) is 23.9. The molecule has 38 heavy (non-hydrogen) atoms. The number of rotatable bonds is 26. The topological polar surface area (TPSA) is 151 Å². The van der Waals surface area contributed by atoms with Crippen molar-refractivity contribution in [1.82, 2.24) is 15.5 Å². The monoisotopic (exact) mass is 545 g/mol. The van der Waals surface area contributed by atoms with Gasteiger partial charge in [0.15, 0.2) is 0 Å². The second-order valence-corrected chi connectivity index (χ2v) is 7.70. The van der Waals surface area contributed by atoms with Gasteiger partial charge in [-0.25, -0.2) is 9.59 Å². The van der Waals surface area contributed by atoms with Crippen molar-refractivity contribution in [3.63, 3.8) is 0 Å². The first-order valence-corrected chi connectivity index (χ1v) is 12.5. The minimum Gasteiger partial charge on any atom is -0.460 e. The van der Waals surface area contributed by atoms with E-state index in [9.17, 15) is 19.2 Å². The fourth-order valence-electron chi connectivity index (χ4n) is 2.56. The molecule has 218 valence electrons. The van der Waals surface area contributed by atoms with E-state index in [1.165, 1.54) is 0 Å². The summed E-state index contributed by atoms with van der Waals surface area (Å²) in [7, 11) is 1.85. The first-order valence-electron chi connectivity index (χ1n) is 12.5. The molecule has 0 aromatic carbocycles. The summed E-state index contributed by atoms with van der Waals surface area (Å²) in [6.45, 7) is 11.5. The van der Waals surface area contributed by atoms with E-state index in [2.05, 4.69) is 23.8 Å². The van der Waals surface area contributed by atoms with E-state index < -0.39 is 11.9 Å². The van der Waals surface area contributed by atoms with Gasteiger partial charge < -0.3 is 44.0 Å². The third-order valence-electron chi connectivity index (χ3n) is 4.60. The maximum Gasteiger partial charge on any atom is 0.330 e. The zero-order valence-electron chi connectivity index (χ0n) is 22.4. The molecule has 0 aliphatic heterocycles. The number of ether oxygens (including phenoxy) is 6. The van der Waals surface area contributed by atoms with E-state index in [-0.39, 0.29) is 38.2 Å². The van der Waals surface area contributed by atoms with Gasteiger partial charge in [0, 0.05) is 51.2 Å². The molecular formula is C25H43N3O10. The molecule has 13 heteroatoms. The van der Waals surface area contributed by atoms with Crippen LogP contribution in [-0.2, 0) is 47.6 Å². The number of nitrogens with one attached hydrogen (secondary N) is 2. The SMILES string of the molecule is C=CC(=O)OCCOCCOCCNC(=O)CCN(C)CCC(=O)NCCOCCOCCOC(=O)C=C. The summed E-state index contributed by atoms with van der Waals surface area (Å²) in [4.78, 5) is 47.4. The van der Waals surface area contributed by atoms with Gasteiger partial charge in [0.05, 0.1) is 52.9 Å². The number of carbonyl (C=O) groups excluding carboxylic acids is 4. The summed E-state index contributed by atoms with van der Waals surface area (Å²) < 4.78 is 30.7. The fraction of sp³-hybridized carbons (Fsp3) is 0.680. The third kappa shape index (κ3) is 24.8. The highest BCUT2D eigenvalue weighted by Gasteiger charge is 2.07. The van der Waals surface area contributed by atoms with E-state index in [4.69, 9.17) is 28.4 Å². The van der Waals surface area contributed by atoms with Crippen LogP contribution in [0.2, 0.25) is 0 Å². The van der Waals surface area contributed by atoms with Gasteiger partial charge in [-0.05, 0) is 7.05 Å². The average Bonchev–Trinajstić information content (AvgIpc) is 2.92. The van der Waals surface area contributed by atoms with Crippen LogP contribution in [0.1, 0.15) is 12.8 Å². The molecule has 0 saturated carbocycles. The van der Waals surface area contributed by atoms with E-state index in [0.717, 1.165) is 12.2 Å². The summed E-state index contributed by atoms with van der Waals surface area (Å²) >= 11 is 0. The second-order valence-electron chi connectivity index (χ2n) is 7.70. The summed E-state index contributed by atoms with van der Waals surface area (Å²) in [5, 5.41) is 5.55. The lowest BCUT2D eigenvalue weighted by molar-refractivity contribution is -0.140. The zero-order chi connectivity index (χ0) is 28.3. The Bertz CT molecular complexity index is 634. The quantitative estimate of drug-likeness (QED) is 0.0819. The van der Waals surface area contributed by atoms with Crippen molar-refractivity contribution in [2.75, 3.05) is 99.3 Å². The Labute approximate surface area is 224 Å². The Morgan fingerprint density at radius 1 is 0.605 bits per heavy atom. The molecule has 2 amide bonds. The van der Waals surface area contributed by atoms with Crippen LogP contribution in [0.25, 0.3) is 0 Å². The highest BCUT2D eigenvalue weighted by atomic mass is 16.6. The lowest BCUT2D eigenvalue weighted by Crippen LogP contribution is -2.34. The average molecular weight is 546 g/mol. The minimum absolute atomic E-state index is 0.0934. The predicted molar refractivity (Wildman–Crippen MR) is 138 cm³/mol. The van der Waals surface area contributed by atoms with E-state index in [1.54, 1.807) is 0 Å². The number of esters is 2. The van der Waals surface area contributed by atoms with E-state index >= 15 is 0 Å². The molecule has 0 atom stereocenters. The van der Waals surface area contributed by atoms with Crippen molar-refractivity contribution < 1.29 is 47.6 Å². The van der Waals surface area contributed by atoms with Gasteiger partial charge >= 0.3 is 11.9 Å². The number of nitrogens with zero attached hydrogens (tertiary/aromatic N) is 1. The largest absolute Gasteiger partial charge is 0.460 e. The Morgan fingerprint density at radius 2 is 0.947 bits per heavy atom. The van der Waals surface area contributed by atoms with Crippen LogP contribution < -0.4 is 10.6 Å². The molecule has 0 aliphatic rings. The summed E-state index contributed by atoms with van der Waals surface area (Å²) in [5.41, 5.74) is 0. The van der Waals surface area contributed by atoms with Gasteiger partial charge in [-0.1, -0.05) is 13.2 Å². The molecular weight excluding hydrogens is 502 g/mol. The van der Waals surface area contributed by atoms with Crippen LogP contribution in [0.4, 0.5) is 0 Å². The van der Waals surface area contributed by atoms with Gasteiger partial charge in [-0.2, -0.15) is 0 Å². The molecule has 13 nitrogen and oxygen atoms in total. The van der Waals surface area contributed by atoms with Crippen molar-refractivity contribution in [1.29, 1.82) is 0 Å². The summed E-state index contributed by atoms with van der Waals surface area (Å²) in [6, 6.07) is 0. The maximum absolute atomic E-state index is 11.9. The molecule has 0 spiro atoms. The molecule has 0 aromatic heterocycles. The van der Waals surface area contributed by atoms with Crippen LogP contribution in [0.3, 0.4) is 0 Å². The lowest BCUT2D eigenvalue weighted by Gasteiger charge is -2.16. The zero-order valence-corrected chi connectivity index (χ0v) is 22.4. The van der Waals surface area contributed by atoms with Gasteiger partial charge in [0.1, 0.15) is 13.2 Å². The molecule has 0 unspecified atom stereocenters. The van der Waals surface area contributed by atoms with Crippen molar-refractivity contribution in [3.05, 3.63) is 25.3 Å². The molecule has 0 aromatic rings. The highest BCUT2D eigenvalue weighted by Crippen LogP contribution is 1.92. The van der Waals surface area contributed by atoms with Crippen LogP contribution in [0.15, 0.2) is 25.3 Å². The van der Waals surface area contributed by atoms with Crippen LogP contribution >= 0.6 is 0 Å². The first kappa shape index (κ1) is 35.2. The maximum atomic E-state index is 11.9. The first-order chi connectivity index (χ1) is 18.4. The van der Waals surface area contributed by atoms with Crippen molar-refractivity contribution in [2.24, 2.45) is 0 Å². The Morgan fingerprint density at radius 3 is 1.32 bits per heavy atom. The van der Waals surface area contributed by atoms with Crippen LogP contribution in [-0.4, -0.2) is 128 Å². The van der Waals surface area contributed by atoms with E-state index in [0.29, 0.717) is 78.7 Å². The standard InChI is InChI=1S/C25H43N3O10/c1-4-24(31)37-20-18-35-16-14-33-12-8-26-22(29)6-10-28(3)11-7-23(30)27-9-13-34-15-17-36-19-21-38-25(32)5-2/h4-5H,1-2,6-21H2,3H3,(H,26,29)(H,27,30). The van der Waals surface area contributed by atoms with Gasteiger partial charge in [-0.3, -0.25) is 9.59 Å². The second kappa shape index (κ2) is 25.8. The molecule has 0 aliphatic carbocycles. The Balaban J connectivity index is 3.48. The molecule has 0 heterocycles. The summed E-state index contributed by atoms with van der Waals surface area (Å²) in [6.07, 6.45) is 2.81. The van der Waals surface area contributed by atoms with Crippen LogP contribution in [0.5, 0.6) is 0 Å². The third-order valence-corrected chi connectivity index (χ3v) is 4.60. The fourth-order valence-corrected chi connectivity index (χ4v) is 2.56. The van der Waals surface area contributed by atoms with Gasteiger partial charge in [0.2, 0.25) is 11.8 Å². The number of hydrogen-bond acceptors (Lipinski definition) is 11. The van der Waals surface area contributed by atoms with Crippen LogP contribution in [0, 0.1) is 0 Å². The van der Waals surface area contributed by atoms with Gasteiger partial charge in [-0.15, -0.1) is 0 Å². The van der Waals surface area contributed by atoms with Crippen molar-refractivity contribution in [2.45, 2.75) is 12.8 Å². The molecule has 0 rings (SSSR count). The molecule has 0 saturated heterocycles. The molecule has 0 radical (unpaired) electrons. The highest BCUT2D eigenvalue weighted by molar-refractivity contribution is 5.81. The normalized spacial score (nSPS) is 10.6. The molecule has 0 bridgehead atoms. The lowest BCUT2D eigenvalue weighted by atomic mass is 10.3. The molecule has 0 fully saturated rings. The number of amides is 2. The Hall–Kier alpha value is -2.84. The molecule has 2 N–H and O–H groups in total.